The van der Waals surface area contributed by atoms with Gasteiger partial charge >= 0.3 is 6.09 Å². The summed E-state index contributed by atoms with van der Waals surface area (Å²) >= 11 is 0. The average Bonchev–Trinajstić information content (AvgIpc) is 3.09. The van der Waals surface area contributed by atoms with E-state index in [2.05, 4.69) is 15.8 Å². The highest BCUT2D eigenvalue weighted by Crippen LogP contribution is 2.21. The summed E-state index contributed by atoms with van der Waals surface area (Å²) in [5, 5.41) is 29.9. The van der Waals surface area contributed by atoms with Crippen molar-refractivity contribution in [2.75, 3.05) is 19.0 Å². The molecule has 52 heavy (non-hydrogen) atoms. The summed E-state index contributed by atoms with van der Waals surface area (Å²) in [6.45, 7) is 6.22. The third-order valence-corrected chi connectivity index (χ3v) is 7.78. The van der Waals surface area contributed by atoms with Crippen LogP contribution in [0.25, 0.3) is 0 Å². The molecule has 4 N–H and O–H groups in total. The van der Waals surface area contributed by atoms with Gasteiger partial charge in [-0.1, -0.05) is 35.5 Å². The van der Waals surface area contributed by atoms with Crippen LogP contribution in [0.15, 0.2) is 96.2 Å². The molecule has 0 aliphatic carbocycles. The monoisotopic (exact) mass is 716 g/mol. The first-order valence-corrected chi connectivity index (χ1v) is 16.4. The third-order valence-electron chi connectivity index (χ3n) is 7.78. The molecule has 0 unspecified atom stereocenters. The van der Waals surface area contributed by atoms with Gasteiger partial charge in [-0.15, -0.1) is 0 Å². The summed E-state index contributed by atoms with van der Waals surface area (Å²) in [5.41, 5.74) is 0.931. The van der Waals surface area contributed by atoms with E-state index in [1.165, 1.54) is 37.1 Å². The summed E-state index contributed by atoms with van der Waals surface area (Å²) in [6, 6.07) is 21.3. The smallest absolute Gasteiger partial charge is 0.410 e. The molecule has 0 aliphatic heterocycles. The minimum absolute atomic E-state index is 0.00636. The minimum atomic E-state index is -1.49. The summed E-state index contributed by atoms with van der Waals surface area (Å²) in [5.74, 6) is -2.35. The molecular formula is C39H42F2N4O7. The van der Waals surface area contributed by atoms with Gasteiger partial charge in [-0.25, -0.2) is 13.6 Å². The van der Waals surface area contributed by atoms with Crippen molar-refractivity contribution in [2.24, 2.45) is 5.16 Å². The maximum Gasteiger partial charge on any atom is 0.410 e. The third kappa shape index (κ3) is 11.4. The van der Waals surface area contributed by atoms with Crippen LogP contribution in [0.5, 0.6) is 5.75 Å². The van der Waals surface area contributed by atoms with Crippen LogP contribution in [-0.2, 0) is 17.7 Å². The number of nitrogens with one attached hydrogen (secondary N) is 2. The standard InChI is InChI=1S/C39H42F2N4O7/c1-24(44-50)28-18-29(20-32(19-28)42-36(47)27-11-7-6-8-12-27)37(48)43-34(17-26-14-30(40)21-31(41)15-26)35(46)23-45(38(49)52-39(2,3)4)22-25-10-9-13-33(16-25)51-5/h6-16,18-21,34-35,46,50H,17,22-23H2,1-5H3,(H,42,47)(H,43,48)/b44-24+/t34-,35+/m0/s1. The average molecular weight is 717 g/mol. The fourth-order valence-electron chi connectivity index (χ4n) is 5.28. The first-order chi connectivity index (χ1) is 24.6. The quantitative estimate of drug-likeness (QED) is 0.0695. The number of hydrogen-bond acceptors (Lipinski definition) is 8. The number of oxime groups is 1. The Hall–Kier alpha value is -5.82. The van der Waals surface area contributed by atoms with Gasteiger partial charge in [-0.2, -0.15) is 0 Å². The van der Waals surface area contributed by atoms with Crippen LogP contribution in [0.3, 0.4) is 0 Å². The first kappa shape index (κ1) is 39.0. The lowest BCUT2D eigenvalue weighted by molar-refractivity contribution is 0.00836. The lowest BCUT2D eigenvalue weighted by atomic mass is 9.99. The number of anilines is 1. The fourth-order valence-corrected chi connectivity index (χ4v) is 5.28. The maximum absolute atomic E-state index is 14.3. The number of carbonyl (C=O) groups is 3. The van der Waals surface area contributed by atoms with Crippen LogP contribution < -0.4 is 15.4 Å². The molecule has 0 spiro atoms. The van der Waals surface area contributed by atoms with E-state index in [-0.39, 0.29) is 42.0 Å². The lowest BCUT2D eigenvalue weighted by Crippen LogP contribution is -2.51. The lowest BCUT2D eigenvalue weighted by Gasteiger charge is -2.32. The molecule has 0 aromatic heterocycles. The van der Waals surface area contributed by atoms with Gasteiger partial charge in [0.15, 0.2) is 0 Å². The number of aliphatic hydroxyl groups is 1. The second-order valence-corrected chi connectivity index (χ2v) is 13.1. The Balaban J connectivity index is 1.68. The van der Waals surface area contributed by atoms with Gasteiger partial charge < -0.3 is 35.3 Å². The van der Waals surface area contributed by atoms with Crippen molar-refractivity contribution in [3.05, 3.63) is 130 Å². The van der Waals surface area contributed by atoms with E-state index in [9.17, 15) is 33.5 Å². The van der Waals surface area contributed by atoms with Gasteiger partial charge in [0.2, 0.25) is 0 Å². The summed E-state index contributed by atoms with van der Waals surface area (Å²) in [6.07, 6.45) is -2.48. The van der Waals surface area contributed by atoms with E-state index >= 15 is 0 Å². The molecule has 0 fully saturated rings. The number of aliphatic hydroxyl groups excluding tert-OH is 1. The number of carbonyl (C=O) groups excluding carboxylic acids is 3. The first-order valence-electron chi connectivity index (χ1n) is 16.4. The molecule has 11 nitrogen and oxygen atoms in total. The van der Waals surface area contributed by atoms with Crippen molar-refractivity contribution < 1.29 is 43.0 Å². The molecule has 0 aliphatic rings. The number of hydrogen-bond donors (Lipinski definition) is 4. The van der Waals surface area contributed by atoms with Crippen LogP contribution in [0.2, 0.25) is 0 Å². The van der Waals surface area contributed by atoms with Crippen molar-refractivity contribution in [2.45, 2.75) is 58.4 Å². The number of amides is 3. The zero-order valence-corrected chi connectivity index (χ0v) is 29.5. The van der Waals surface area contributed by atoms with Crippen LogP contribution in [0, 0.1) is 11.6 Å². The number of nitrogens with zero attached hydrogens (tertiary/aromatic N) is 2. The maximum atomic E-state index is 14.3. The molecule has 0 bridgehead atoms. The van der Waals surface area contributed by atoms with Crippen molar-refractivity contribution in [3.8, 4) is 5.75 Å². The van der Waals surface area contributed by atoms with Crippen LogP contribution in [0.4, 0.5) is 19.3 Å². The summed E-state index contributed by atoms with van der Waals surface area (Å²) in [7, 11) is 1.50. The highest BCUT2D eigenvalue weighted by Gasteiger charge is 2.30. The number of benzene rings is 4. The van der Waals surface area contributed by atoms with E-state index < -0.39 is 47.3 Å². The molecule has 3 amide bonds. The van der Waals surface area contributed by atoms with Gasteiger partial charge in [0, 0.05) is 35.0 Å². The Labute approximate surface area is 300 Å². The number of rotatable bonds is 13. The largest absolute Gasteiger partial charge is 0.497 e. The van der Waals surface area contributed by atoms with Crippen molar-refractivity contribution >= 4 is 29.3 Å². The molecule has 2 atom stereocenters. The Morgan fingerprint density at radius 1 is 0.846 bits per heavy atom. The Bertz CT molecular complexity index is 1890. The second-order valence-electron chi connectivity index (χ2n) is 13.1. The van der Waals surface area contributed by atoms with Gasteiger partial charge in [0.1, 0.15) is 23.0 Å². The van der Waals surface area contributed by atoms with Crippen LogP contribution in [0.1, 0.15) is 65.1 Å². The second kappa shape index (κ2) is 17.4. The van der Waals surface area contributed by atoms with E-state index in [4.69, 9.17) is 9.47 Å². The Morgan fingerprint density at radius 2 is 1.52 bits per heavy atom. The van der Waals surface area contributed by atoms with Crippen LogP contribution in [-0.4, -0.2) is 70.2 Å². The molecule has 4 rings (SSSR count). The summed E-state index contributed by atoms with van der Waals surface area (Å²) < 4.78 is 39.5. The van der Waals surface area contributed by atoms with Gasteiger partial charge in [0.05, 0.1) is 31.5 Å². The molecule has 0 heterocycles. The molecule has 0 radical (unpaired) electrons. The van der Waals surface area contributed by atoms with E-state index in [0.29, 0.717) is 28.5 Å². The molecule has 0 saturated carbocycles. The number of halogens is 2. The zero-order valence-electron chi connectivity index (χ0n) is 29.5. The molecule has 4 aromatic rings. The van der Waals surface area contributed by atoms with Crippen LogP contribution >= 0.6 is 0 Å². The van der Waals surface area contributed by atoms with Gasteiger partial charge in [-0.3, -0.25) is 9.59 Å². The zero-order chi connectivity index (χ0) is 38.0. The van der Waals surface area contributed by atoms with E-state index in [0.717, 1.165) is 12.1 Å². The highest BCUT2D eigenvalue weighted by molar-refractivity contribution is 6.07. The predicted octanol–water partition coefficient (Wildman–Crippen LogP) is 6.56. The Morgan fingerprint density at radius 3 is 2.15 bits per heavy atom. The molecule has 274 valence electrons. The molecular weight excluding hydrogens is 674 g/mol. The Kier molecular flexibility index (Phi) is 13.0. The molecule has 0 saturated heterocycles. The SMILES string of the molecule is COc1cccc(CN(C[C@@H](O)[C@H](Cc2cc(F)cc(F)c2)NC(=O)c2cc(NC(=O)c3ccccc3)cc(/C(C)=N/O)c2)C(=O)OC(C)(C)C)c1. The molecule has 4 aromatic carbocycles. The van der Waals surface area contributed by atoms with E-state index in [1.54, 1.807) is 75.4 Å². The molecule has 13 heteroatoms. The van der Waals surface area contributed by atoms with E-state index in [1.807, 2.05) is 0 Å². The van der Waals surface area contributed by atoms with Crippen molar-refractivity contribution in [1.82, 2.24) is 10.2 Å². The fraction of sp³-hybridized carbons (Fsp3) is 0.282. The number of ether oxygens (including phenoxy) is 2. The predicted molar refractivity (Wildman–Crippen MR) is 192 cm³/mol. The van der Waals surface area contributed by atoms with Crippen molar-refractivity contribution in [3.63, 3.8) is 0 Å². The van der Waals surface area contributed by atoms with Gasteiger partial charge in [0.25, 0.3) is 11.8 Å². The normalized spacial score (nSPS) is 12.7. The highest BCUT2D eigenvalue weighted by atomic mass is 19.1. The minimum Gasteiger partial charge on any atom is -0.497 e. The number of methoxy groups -OCH3 is 1. The van der Waals surface area contributed by atoms with Crippen molar-refractivity contribution in [1.29, 1.82) is 0 Å². The topological polar surface area (TPSA) is 150 Å². The summed E-state index contributed by atoms with van der Waals surface area (Å²) in [4.78, 5) is 41.6. The van der Waals surface area contributed by atoms with Gasteiger partial charge in [-0.05, 0) is 99.8 Å².